The normalized spacial score (nSPS) is 21.2. The van der Waals surface area contributed by atoms with E-state index in [-0.39, 0.29) is 27.5 Å². The summed E-state index contributed by atoms with van der Waals surface area (Å²) in [4.78, 5) is 38.4. The molecule has 33 heavy (non-hydrogen) atoms. The van der Waals surface area contributed by atoms with Gasteiger partial charge in [-0.3, -0.25) is 9.78 Å². The van der Waals surface area contributed by atoms with Crippen molar-refractivity contribution in [2.45, 2.75) is 25.8 Å². The molecule has 3 N–H and O–H groups in total. The number of amides is 1. The van der Waals surface area contributed by atoms with Crippen LogP contribution >= 0.6 is 34.5 Å². The second-order valence-corrected chi connectivity index (χ2v) is 10.2. The summed E-state index contributed by atoms with van der Waals surface area (Å²) in [5, 5.41) is 14.0. The van der Waals surface area contributed by atoms with Crippen molar-refractivity contribution in [3.63, 3.8) is 0 Å². The number of hydrogen-bond donors (Lipinski definition) is 3. The van der Waals surface area contributed by atoms with Crippen molar-refractivity contribution in [1.29, 1.82) is 0 Å². The van der Waals surface area contributed by atoms with Crippen molar-refractivity contribution >= 4 is 51.5 Å². The number of hydrogen-bond acceptors (Lipinski definition) is 6. The summed E-state index contributed by atoms with van der Waals surface area (Å²) in [6, 6.07) is 3.91. The number of aryl methyl sites for hydroxylation is 3. The average molecular weight is 506 g/mol. The molecular weight excluding hydrogens is 485 g/mol. The highest BCUT2D eigenvalue weighted by atomic mass is 35.5. The smallest absolute Gasteiger partial charge is 0.347 e. The Balaban J connectivity index is 1.22. The molecule has 0 radical (unpaired) electrons. The van der Waals surface area contributed by atoms with Crippen LogP contribution in [0, 0.1) is 18.8 Å². The minimum absolute atomic E-state index is 0.0669. The topological polar surface area (TPSA) is 111 Å². The van der Waals surface area contributed by atoms with E-state index in [1.165, 1.54) is 11.3 Å². The van der Waals surface area contributed by atoms with E-state index in [1.807, 2.05) is 12.1 Å². The van der Waals surface area contributed by atoms with Crippen LogP contribution in [0.5, 0.6) is 0 Å². The van der Waals surface area contributed by atoms with E-state index in [9.17, 15) is 14.7 Å². The van der Waals surface area contributed by atoms with Gasteiger partial charge in [-0.2, -0.15) is 0 Å². The number of nitrogens with zero attached hydrogens (tertiary/aromatic N) is 3. The van der Waals surface area contributed by atoms with Crippen LogP contribution in [0.2, 0.25) is 10.0 Å². The molecule has 1 aliphatic carbocycles. The maximum atomic E-state index is 12.6. The summed E-state index contributed by atoms with van der Waals surface area (Å²) in [6.45, 7) is 3.22. The first-order valence-electron chi connectivity index (χ1n) is 10.5. The average Bonchev–Trinajstić information content (AvgIpc) is 3.17. The van der Waals surface area contributed by atoms with Crippen LogP contribution in [0.4, 0.5) is 5.13 Å². The number of carboxylic acids is 1. The van der Waals surface area contributed by atoms with Gasteiger partial charge in [-0.05, 0) is 37.5 Å². The molecule has 11 heteroatoms. The maximum Gasteiger partial charge on any atom is 0.347 e. The molecular formula is C22H21Cl2N5O3S. The zero-order valence-corrected chi connectivity index (χ0v) is 20.0. The number of fused-ring (bicyclic) bond motifs is 1. The largest absolute Gasteiger partial charge is 0.477 e. The Bertz CT molecular complexity index is 1220. The van der Waals surface area contributed by atoms with Gasteiger partial charge in [-0.15, -0.1) is 0 Å². The van der Waals surface area contributed by atoms with Crippen LogP contribution in [0.25, 0.3) is 0 Å². The molecule has 8 nitrogen and oxygen atoms in total. The molecule has 5 rings (SSSR count). The summed E-state index contributed by atoms with van der Waals surface area (Å²) >= 11 is 13.4. The van der Waals surface area contributed by atoms with Crippen LogP contribution in [-0.2, 0) is 12.8 Å². The van der Waals surface area contributed by atoms with Crippen molar-refractivity contribution in [1.82, 2.24) is 20.3 Å². The van der Waals surface area contributed by atoms with E-state index in [1.54, 1.807) is 19.3 Å². The Morgan fingerprint density at radius 1 is 1.21 bits per heavy atom. The van der Waals surface area contributed by atoms with E-state index >= 15 is 0 Å². The van der Waals surface area contributed by atoms with Gasteiger partial charge in [-0.25, -0.2) is 9.78 Å². The number of carbonyl (C=O) groups is 2. The summed E-state index contributed by atoms with van der Waals surface area (Å²) in [5.41, 5.74) is 2.64. The van der Waals surface area contributed by atoms with Crippen LogP contribution in [0.15, 0.2) is 24.5 Å². The molecule has 0 bridgehead atoms. The van der Waals surface area contributed by atoms with Gasteiger partial charge in [0, 0.05) is 49.1 Å². The number of aromatic carboxylic acids is 1. The Morgan fingerprint density at radius 2 is 1.91 bits per heavy atom. The maximum absolute atomic E-state index is 12.6. The Kier molecular flexibility index (Phi) is 5.80. The second kappa shape index (κ2) is 8.62. The minimum atomic E-state index is -0.949. The predicted octanol–water partition coefficient (Wildman–Crippen LogP) is 3.83. The number of aromatic amines is 1. The molecule has 172 valence electrons. The van der Waals surface area contributed by atoms with Crippen molar-refractivity contribution in [3.8, 4) is 0 Å². The lowest BCUT2D eigenvalue weighted by atomic mass is 10.1. The molecule has 1 unspecified atom stereocenters. The predicted molar refractivity (Wildman–Crippen MR) is 127 cm³/mol. The summed E-state index contributed by atoms with van der Waals surface area (Å²) in [6.07, 6.45) is 4.72. The molecule has 1 saturated carbocycles. The lowest BCUT2D eigenvalue weighted by molar-refractivity contribution is 0.0700. The molecule has 2 fully saturated rings. The van der Waals surface area contributed by atoms with Gasteiger partial charge in [0.2, 0.25) is 0 Å². The molecule has 3 aromatic rings. The standard InChI is InChI=1S/C22H21Cl2N5O3S/c1-10-15(23)16(24)18(26-10)20(30)28-17-12-8-29(9-13(12)17)22-27-14(19(33-22)21(31)32)3-2-11-4-6-25-7-5-11/h4-7,12-13,17,26H,2-3,8-9H2,1H3,(H,28,30)(H,31,32)/t12-,13+,17?. The lowest BCUT2D eigenvalue weighted by Gasteiger charge is -2.19. The van der Waals surface area contributed by atoms with Crippen LogP contribution in [0.3, 0.4) is 0 Å². The number of piperidine rings is 1. The highest BCUT2D eigenvalue weighted by molar-refractivity contribution is 7.17. The first-order chi connectivity index (χ1) is 15.8. The van der Waals surface area contributed by atoms with E-state index < -0.39 is 5.97 Å². The molecule has 1 amide bonds. The van der Waals surface area contributed by atoms with E-state index in [0.29, 0.717) is 41.1 Å². The first-order valence-corrected chi connectivity index (χ1v) is 12.1. The van der Waals surface area contributed by atoms with Crippen molar-refractivity contribution in [2.24, 2.45) is 11.8 Å². The van der Waals surface area contributed by atoms with Crippen LogP contribution in [0.1, 0.15) is 37.1 Å². The number of rotatable bonds is 7. The van der Waals surface area contributed by atoms with Gasteiger partial charge in [0.1, 0.15) is 10.6 Å². The Labute approximate surface area is 204 Å². The highest BCUT2D eigenvalue weighted by Crippen LogP contribution is 2.48. The third-order valence-electron chi connectivity index (χ3n) is 6.32. The fourth-order valence-electron chi connectivity index (χ4n) is 4.47. The number of anilines is 1. The summed E-state index contributed by atoms with van der Waals surface area (Å²) in [7, 11) is 0. The molecule has 1 aliphatic heterocycles. The van der Waals surface area contributed by atoms with Crippen LogP contribution < -0.4 is 10.2 Å². The molecule has 0 aromatic carbocycles. The van der Waals surface area contributed by atoms with Gasteiger partial charge in [0.25, 0.3) is 5.91 Å². The summed E-state index contributed by atoms with van der Waals surface area (Å²) < 4.78 is 0. The second-order valence-electron chi connectivity index (χ2n) is 8.42. The third kappa shape index (κ3) is 4.20. The number of H-pyrrole nitrogens is 1. The number of aromatic nitrogens is 3. The third-order valence-corrected chi connectivity index (χ3v) is 8.42. The van der Waals surface area contributed by atoms with E-state index in [0.717, 1.165) is 23.8 Å². The quantitative estimate of drug-likeness (QED) is 0.449. The van der Waals surface area contributed by atoms with Gasteiger partial charge < -0.3 is 20.3 Å². The number of carboxylic acid groups (broad SMARTS) is 1. The molecule has 3 atom stereocenters. The molecule has 1 saturated heterocycles. The van der Waals surface area contributed by atoms with E-state index in [4.69, 9.17) is 23.2 Å². The van der Waals surface area contributed by atoms with Crippen molar-refractivity contribution < 1.29 is 14.7 Å². The van der Waals surface area contributed by atoms with E-state index in [2.05, 4.69) is 25.2 Å². The zero-order chi connectivity index (χ0) is 23.3. The van der Waals surface area contributed by atoms with Crippen LogP contribution in [-0.4, -0.2) is 51.1 Å². The number of halogens is 2. The van der Waals surface area contributed by atoms with Crippen molar-refractivity contribution in [2.75, 3.05) is 18.0 Å². The number of thiazole rings is 1. The summed E-state index contributed by atoms with van der Waals surface area (Å²) in [5.74, 6) is -0.607. The fraction of sp³-hybridized carbons (Fsp3) is 0.364. The Hall–Kier alpha value is -2.62. The fourth-order valence-corrected chi connectivity index (χ4v) is 5.86. The minimum Gasteiger partial charge on any atom is -0.477 e. The highest BCUT2D eigenvalue weighted by Gasteiger charge is 2.57. The molecule has 2 aliphatic rings. The first kappa shape index (κ1) is 22.2. The monoisotopic (exact) mass is 505 g/mol. The molecule has 3 aromatic heterocycles. The SMILES string of the molecule is Cc1[nH]c(C(=O)NC2[C@H]3CN(c4nc(CCc5ccncc5)c(C(=O)O)s4)C[C@@H]23)c(Cl)c1Cl. The van der Waals surface area contributed by atoms with Gasteiger partial charge in [0.05, 0.1) is 15.7 Å². The molecule has 4 heterocycles. The number of pyridine rings is 1. The zero-order valence-electron chi connectivity index (χ0n) is 17.6. The number of nitrogens with one attached hydrogen (secondary N) is 2. The van der Waals surface area contributed by atoms with Crippen molar-refractivity contribution in [3.05, 3.63) is 62.1 Å². The lowest BCUT2D eigenvalue weighted by Crippen LogP contribution is -2.34. The molecule has 0 spiro atoms. The Morgan fingerprint density at radius 3 is 2.52 bits per heavy atom. The number of carbonyl (C=O) groups excluding carboxylic acids is 1. The van der Waals surface area contributed by atoms with Gasteiger partial charge >= 0.3 is 5.97 Å². The van der Waals surface area contributed by atoms with Gasteiger partial charge in [-0.1, -0.05) is 34.5 Å². The van der Waals surface area contributed by atoms with Gasteiger partial charge in [0.15, 0.2) is 5.13 Å².